The Labute approximate surface area is 180 Å². The zero-order valence-corrected chi connectivity index (χ0v) is 19.8. The predicted octanol–water partition coefficient (Wildman–Crippen LogP) is 6.33. The summed E-state index contributed by atoms with van der Waals surface area (Å²) in [6.45, 7) is 12.4. The summed E-state index contributed by atoms with van der Waals surface area (Å²) in [7, 11) is 0. The number of aliphatic hydroxyl groups excluding tert-OH is 1. The summed E-state index contributed by atoms with van der Waals surface area (Å²) in [5, 5.41) is 10.3. The lowest BCUT2D eigenvalue weighted by Crippen LogP contribution is -2.56. The topological polar surface area (TPSA) is 46.2 Å². The van der Waals surface area contributed by atoms with Crippen molar-refractivity contribution in [1.82, 2.24) is 0 Å². The first-order valence-electron chi connectivity index (χ1n) is 12.8. The lowest BCUT2D eigenvalue weighted by Gasteiger charge is -2.60. The van der Waals surface area contributed by atoms with E-state index in [0.717, 1.165) is 48.9 Å². The molecule has 4 aliphatic rings. The van der Waals surface area contributed by atoms with Gasteiger partial charge >= 0.3 is 0 Å². The fraction of sp³-hybridized carbons (Fsp3) is 0.926. The molecule has 0 unspecified atom stereocenters. The van der Waals surface area contributed by atoms with Gasteiger partial charge in [-0.1, -0.05) is 65.5 Å². The van der Waals surface area contributed by atoms with Gasteiger partial charge in [0, 0.05) is 6.04 Å². The van der Waals surface area contributed by atoms with E-state index in [0.29, 0.717) is 16.7 Å². The van der Waals surface area contributed by atoms with Crippen LogP contribution in [0.4, 0.5) is 0 Å². The molecule has 0 saturated heterocycles. The van der Waals surface area contributed by atoms with E-state index in [1.54, 1.807) is 0 Å². The van der Waals surface area contributed by atoms with Gasteiger partial charge in [0.15, 0.2) is 0 Å². The summed E-state index contributed by atoms with van der Waals surface area (Å²) in [5.41, 5.74) is 9.17. The molecule has 0 aliphatic heterocycles. The Hall–Kier alpha value is -0.340. The average Bonchev–Trinajstić information content (AvgIpc) is 3.00. The van der Waals surface area contributed by atoms with E-state index < -0.39 is 0 Å². The minimum absolute atomic E-state index is 0.144. The Morgan fingerprint density at radius 1 is 1.03 bits per heavy atom. The monoisotopic (exact) mass is 401 g/mol. The number of hydrogen-bond donors (Lipinski definition) is 2. The van der Waals surface area contributed by atoms with Crippen LogP contribution in [0.5, 0.6) is 0 Å². The van der Waals surface area contributed by atoms with Crippen molar-refractivity contribution in [2.75, 3.05) is 0 Å². The Bertz CT molecular complexity index is 626. The summed E-state index contributed by atoms with van der Waals surface area (Å²) in [6, 6.07) is 0.202. The molecule has 3 fully saturated rings. The van der Waals surface area contributed by atoms with Crippen molar-refractivity contribution in [3.05, 3.63) is 11.6 Å². The zero-order valence-electron chi connectivity index (χ0n) is 19.8. The summed E-state index contributed by atoms with van der Waals surface area (Å²) in [5.74, 6) is 4.77. The molecule has 0 bridgehead atoms. The smallest absolute Gasteiger partial charge is 0.0577 e. The molecule has 2 nitrogen and oxygen atoms in total. The van der Waals surface area contributed by atoms with E-state index in [1.165, 1.54) is 50.5 Å². The van der Waals surface area contributed by atoms with Crippen molar-refractivity contribution >= 4 is 0 Å². The van der Waals surface area contributed by atoms with Gasteiger partial charge in [-0.05, 0) is 91.3 Å². The van der Waals surface area contributed by atoms with Gasteiger partial charge in [-0.15, -0.1) is 0 Å². The third-order valence-electron chi connectivity index (χ3n) is 10.4. The van der Waals surface area contributed by atoms with E-state index in [9.17, 15) is 5.11 Å². The molecule has 4 rings (SSSR count). The summed E-state index contributed by atoms with van der Waals surface area (Å²) in [4.78, 5) is 0. The third-order valence-corrected chi connectivity index (χ3v) is 10.4. The number of fused-ring (bicyclic) bond motifs is 5. The number of rotatable bonds is 5. The van der Waals surface area contributed by atoms with Gasteiger partial charge in [0.1, 0.15) is 0 Å². The predicted molar refractivity (Wildman–Crippen MR) is 122 cm³/mol. The summed E-state index contributed by atoms with van der Waals surface area (Å²) < 4.78 is 0. The van der Waals surface area contributed by atoms with Crippen molar-refractivity contribution in [2.45, 2.75) is 111 Å². The van der Waals surface area contributed by atoms with Crippen molar-refractivity contribution in [3.63, 3.8) is 0 Å². The Balaban J connectivity index is 1.54. The highest BCUT2D eigenvalue weighted by molar-refractivity contribution is 5.28. The lowest BCUT2D eigenvalue weighted by molar-refractivity contribution is -0.0632. The minimum Gasteiger partial charge on any atom is -0.393 e. The van der Waals surface area contributed by atoms with E-state index in [4.69, 9.17) is 5.73 Å². The van der Waals surface area contributed by atoms with Crippen LogP contribution < -0.4 is 5.73 Å². The zero-order chi connectivity index (χ0) is 21.0. The van der Waals surface area contributed by atoms with Gasteiger partial charge in [0.2, 0.25) is 0 Å². The van der Waals surface area contributed by atoms with Crippen LogP contribution in [0.2, 0.25) is 0 Å². The first-order valence-corrected chi connectivity index (χ1v) is 12.8. The Kier molecular flexibility index (Phi) is 6.01. The largest absolute Gasteiger partial charge is 0.393 e. The molecule has 0 spiro atoms. The average molecular weight is 402 g/mol. The van der Waals surface area contributed by atoms with Crippen LogP contribution in [0.3, 0.4) is 0 Å². The molecule has 0 aromatic heterocycles. The molecule has 3 saturated carbocycles. The Morgan fingerprint density at radius 3 is 2.52 bits per heavy atom. The van der Waals surface area contributed by atoms with Crippen LogP contribution >= 0.6 is 0 Å². The first kappa shape index (κ1) is 21.9. The molecule has 3 N–H and O–H groups in total. The fourth-order valence-electron chi connectivity index (χ4n) is 8.74. The number of nitrogens with two attached hydrogens (primary N) is 1. The molecule has 4 aliphatic carbocycles. The van der Waals surface area contributed by atoms with Crippen LogP contribution in [0.1, 0.15) is 98.8 Å². The molecular weight excluding hydrogens is 354 g/mol. The quantitative estimate of drug-likeness (QED) is 0.529. The van der Waals surface area contributed by atoms with Crippen LogP contribution in [-0.4, -0.2) is 17.3 Å². The molecule has 0 aromatic rings. The van der Waals surface area contributed by atoms with Gasteiger partial charge in [-0.2, -0.15) is 0 Å². The number of aliphatic hydroxyl groups is 1. The lowest BCUT2D eigenvalue weighted by atomic mass is 9.46. The molecule has 0 radical (unpaired) electrons. The molecule has 0 aromatic carbocycles. The second-order valence-corrected chi connectivity index (χ2v) is 12.4. The van der Waals surface area contributed by atoms with Crippen molar-refractivity contribution in [3.8, 4) is 0 Å². The molecule has 29 heavy (non-hydrogen) atoms. The van der Waals surface area contributed by atoms with Crippen molar-refractivity contribution in [1.29, 1.82) is 0 Å². The molecule has 2 heteroatoms. The normalized spacial score (nSPS) is 47.9. The van der Waals surface area contributed by atoms with E-state index in [2.05, 4.69) is 40.7 Å². The summed E-state index contributed by atoms with van der Waals surface area (Å²) >= 11 is 0. The highest BCUT2D eigenvalue weighted by Gasteiger charge is 2.60. The maximum atomic E-state index is 10.3. The second-order valence-electron chi connectivity index (χ2n) is 12.4. The van der Waals surface area contributed by atoms with E-state index in [-0.39, 0.29) is 12.1 Å². The highest BCUT2D eigenvalue weighted by atomic mass is 16.3. The molecular formula is C27H47NO. The number of hydrogen-bond acceptors (Lipinski definition) is 2. The first-order chi connectivity index (χ1) is 13.7. The molecule has 166 valence electrons. The molecule has 0 amide bonds. The van der Waals surface area contributed by atoms with E-state index in [1.807, 2.05) is 0 Å². The highest BCUT2D eigenvalue weighted by Crippen LogP contribution is 2.67. The molecule has 9 atom stereocenters. The maximum Gasteiger partial charge on any atom is 0.0577 e. The van der Waals surface area contributed by atoms with Crippen LogP contribution in [0.25, 0.3) is 0 Å². The van der Waals surface area contributed by atoms with Gasteiger partial charge in [-0.25, -0.2) is 0 Å². The van der Waals surface area contributed by atoms with Crippen LogP contribution in [-0.2, 0) is 0 Å². The van der Waals surface area contributed by atoms with Crippen molar-refractivity contribution < 1.29 is 5.11 Å². The van der Waals surface area contributed by atoms with Gasteiger partial charge in [0.05, 0.1) is 6.10 Å². The Morgan fingerprint density at radius 2 is 1.79 bits per heavy atom. The van der Waals surface area contributed by atoms with Gasteiger partial charge in [0.25, 0.3) is 0 Å². The maximum absolute atomic E-state index is 10.3. The third kappa shape index (κ3) is 3.65. The summed E-state index contributed by atoms with van der Waals surface area (Å²) in [6.07, 6.45) is 15.0. The van der Waals surface area contributed by atoms with Crippen LogP contribution in [0, 0.1) is 46.3 Å². The van der Waals surface area contributed by atoms with Gasteiger partial charge in [-0.3, -0.25) is 0 Å². The van der Waals surface area contributed by atoms with Crippen LogP contribution in [0.15, 0.2) is 11.6 Å². The minimum atomic E-state index is -0.144. The standard InChI is InChI=1S/C27H47NO/c1-17(2)7-6-8-18(3)21-9-10-22-25-23(12-14-27(21,22)5)26(4)13-11-20(29)15-19(26)16-24(25)28/h16-18,20-25,29H,6-15,28H2,1-5H3/t18-,20+,21-,22+,23+,24+,25+,26+,27-/m1/s1. The fourth-order valence-corrected chi connectivity index (χ4v) is 8.74. The van der Waals surface area contributed by atoms with Gasteiger partial charge < -0.3 is 10.8 Å². The van der Waals surface area contributed by atoms with E-state index >= 15 is 0 Å². The molecule has 0 heterocycles. The SMILES string of the molecule is CC(C)CCC[C@@H](C)[C@H]1CC[C@H]2[C@@H]3[C@@H](N)C=C4C[C@@H](O)CC[C@]4(C)[C@H]3CC[C@]12C. The van der Waals surface area contributed by atoms with Crippen molar-refractivity contribution in [2.24, 2.45) is 52.1 Å². The second kappa shape index (κ2) is 7.97.